The quantitative estimate of drug-likeness (QED) is 0.528. The molecular weight excluding hydrogens is 331 g/mol. The van der Waals surface area contributed by atoms with Gasteiger partial charge in [-0.1, -0.05) is 12.1 Å². The topological polar surface area (TPSA) is 60.7 Å². The van der Waals surface area contributed by atoms with Gasteiger partial charge in [0.2, 0.25) is 0 Å². The van der Waals surface area contributed by atoms with E-state index in [9.17, 15) is 9.18 Å². The second kappa shape index (κ2) is 6.48. The molecule has 26 heavy (non-hydrogen) atoms. The van der Waals surface area contributed by atoms with Crippen LogP contribution in [0.5, 0.6) is 0 Å². The predicted molar refractivity (Wildman–Crippen MR) is 96.2 cm³/mol. The van der Waals surface area contributed by atoms with Crippen LogP contribution in [0.2, 0.25) is 0 Å². The number of aryl methyl sites for hydroxylation is 1. The van der Waals surface area contributed by atoms with Crippen molar-refractivity contribution in [3.05, 3.63) is 78.2 Å². The van der Waals surface area contributed by atoms with E-state index in [-0.39, 0.29) is 6.42 Å². The first-order valence-electron chi connectivity index (χ1n) is 9.79. The van der Waals surface area contributed by atoms with Gasteiger partial charge in [0.05, 0.1) is 52.6 Å². The molecule has 1 aromatic carbocycles. The summed E-state index contributed by atoms with van der Waals surface area (Å²) in [5.74, 6) is -2.04. The van der Waals surface area contributed by atoms with Gasteiger partial charge in [-0.25, -0.2) is 14.4 Å². The number of carbonyl (C=O) groups is 1. The summed E-state index contributed by atoms with van der Waals surface area (Å²) in [6.45, 7) is 0. The van der Waals surface area contributed by atoms with Crippen LogP contribution in [0.25, 0.3) is 22.3 Å². The molecule has 5 nitrogen and oxygen atoms in total. The summed E-state index contributed by atoms with van der Waals surface area (Å²) in [6.07, 6.45) is 4.57. The van der Waals surface area contributed by atoms with Crippen molar-refractivity contribution in [1.29, 1.82) is 0 Å². The van der Waals surface area contributed by atoms with Gasteiger partial charge in [0, 0.05) is 18.6 Å². The molecule has 128 valence electrons. The Morgan fingerprint density at radius 2 is 2.12 bits per heavy atom. The first kappa shape index (κ1) is 12.0. The van der Waals surface area contributed by atoms with Crippen molar-refractivity contribution in [2.24, 2.45) is 7.05 Å². The molecule has 4 rings (SSSR count). The largest absolute Gasteiger partial charge is 0.332 e. The SMILES string of the molecule is [2H]c1c([2H])c([2H])c(C(=O)Cc2cc3nc(-c4cncn4C)ccc3cn2)c(F)c1[2H]. The summed E-state index contributed by atoms with van der Waals surface area (Å²) in [6, 6.07) is 2.35. The molecule has 4 aromatic rings. The Labute approximate surface area is 154 Å². The third-order valence-corrected chi connectivity index (χ3v) is 3.97. The number of aromatic nitrogens is 4. The number of Topliss-reactive ketones (excluding diaryl/α,β-unsaturated/α-hetero) is 1. The summed E-state index contributed by atoms with van der Waals surface area (Å²) in [5.41, 5.74) is 1.73. The van der Waals surface area contributed by atoms with E-state index in [4.69, 9.17) is 5.48 Å². The second-order valence-corrected chi connectivity index (χ2v) is 5.74. The lowest BCUT2D eigenvalue weighted by Crippen LogP contribution is -2.07. The summed E-state index contributed by atoms with van der Waals surface area (Å²) in [4.78, 5) is 25.5. The molecule has 0 radical (unpaired) electrons. The smallest absolute Gasteiger partial charge is 0.171 e. The van der Waals surface area contributed by atoms with E-state index in [0.717, 1.165) is 11.1 Å². The van der Waals surface area contributed by atoms with Gasteiger partial charge in [-0.15, -0.1) is 0 Å². The Morgan fingerprint density at radius 1 is 1.27 bits per heavy atom. The molecule has 0 fully saturated rings. The molecule has 0 spiro atoms. The van der Waals surface area contributed by atoms with Crippen LogP contribution in [-0.2, 0) is 13.5 Å². The van der Waals surface area contributed by atoms with Crippen molar-refractivity contribution in [3.8, 4) is 11.4 Å². The van der Waals surface area contributed by atoms with Crippen LogP contribution in [0.1, 0.15) is 21.5 Å². The Kier molecular flexibility index (Phi) is 3.00. The number of halogens is 1. The number of hydrogen-bond acceptors (Lipinski definition) is 4. The monoisotopic (exact) mass is 350 g/mol. The third-order valence-electron chi connectivity index (χ3n) is 3.97. The molecule has 3 aromatic heterocycles. The molecule has 0 atom stereocenters. The number of benzene rings is 1. The number of ketones is 1. The zero-order chi connectivity index (χ0) is 21.6. The molecular formula is C20H15FN4O. The first-order valence-corrected chi connectivity index (χ1v) is 7.79. The Balaban J connectivity index is 1.71. The highest BCUT2D eigenvalue weighted by atomic mass is 19.1. The molecule has 6 heteroatoms. The maximum atomic E-state index is 14.4. The van der Waals surface area contributed by atoms with Crippen LogP contribution in [-0.4, -0.2) is 25.3 Å². The molecule has 0 aliphatic heterocycles. The average Bonchev–Trinajstić information content (AvgIpc) is 3.16. The molecule has 3 heterocycles. The summed E-state index contributed by atoms with van der Waals surface area (Å²) >= 11 is 0. The molecule has 0 N–H and O–H groups in total. The number of imidazole rings is 1. The molecule has 0 amide bonds. The van der Waals surface area contributed by atoms with Crippen LogP contribution >= 0.6 is 0 Å². The molecule has 0 bridgehead atoms. The van der Waals surface area contributed by atoms with Crippen LogP contribution in [0.4, 0.5) is 4.39 Å². The lowest BCUT2D eigenvalue weighted by atomic mass is 10.1. The van der Waals surface area contributed by atoms with Gasteiger partial charge in [0.15, 0.2) is 5.78 Å². The summed E-state index contributed by atoms with van der Waals surface area (Å²) < 4.78 is 46.8. The highest BCUT2D eigenvalue weighted by molar-refractivity contribution is 5.97. The van der Waals surface area contributed by atoms with Gasteiger partial charge in [0.1, 0.15) is 5.82 Å². The van der Waals surface area contributed by atoms with Crippen molar-refractivity contribution in [2.45, 2.75) is 6.42 Å². The highest BCUT2D eigenvalue weighted by Gasteiger charge is 2.13. The van der Waals surface area contributed by atoms with Gasteiger partial charge < -0.3 is 4.57 Å². The fourth-order valence-corrected chi connectivity index (χ4v) is 2.64. The van der Waals surface area contributed by atoms with Crippen LogP contribution in [0, 0.1) is 5.82 Å². The van der Waals surface area contributed by atoms with Crippen LogP contribution in [0.3, 0.4) is 0 Å². The second-order valence-electron chi connectivity index (χ2n) is 5.74. The number of nitrogens with zero attached hydrogens (tertiary/aromatic N) is 4. The van der Waals surface area contributed by atoms with Gasteiger partial charge >= 0.3 is 0 Å². The molecule has 0 unspecified atom stereocenters. The number of rotatable bonds is 4. The van der Waals surface area contributed by atoms with E-state index in [1.54, 1.807) is 24.8 Å². The van der Waals surface area contributed by atoms with Crippen molar-refractivity contribution in [3.63, 3.8) is 0 Å². The number of carbonyl (C=O) groups excluding carboxylic acids is 1. The zero-order valence-electron chi connectivity index (χ0n) is 17.7. The molecule has 0 saturated carbocycles. The van der Waals surface area contributed by atoms with Crippen LogP contribution < -0.4 is 0 Å². The summed E-state index contributed by atoms with van der Waals surface area (Å²) in [7, 11) is 1.85. The fraction of sp³-hybridized carbons (Fsp3) is 0.100. The lowest BCUT2D eigenvalue weighted by Gasteiger charge is -2.06. The van der Waals surface area contributed by atoms with Crippen molar-refractivity contribution in [1.82, 2.24) is 19.5 Å². The zero-order valence-corrected chi connectivity index (χ0v) is 13.7. The Bertz CT molecular complexity index is 1290. The maximum Gasteiger partial charge on any atom is 0.171 e. The normalized spacial score (nSPS) is 13.2. The van der Waals surface area contributed by atoms with E-state index >= 15 is 0 Å². The minimum absolute atomic E-state index is 0.314. The van der Waals surface area contributed by atoms with Gasteiger partial charge in [-0.05, 0) is 30.3 Å². The van der Waals surface area contributed by atoms with E-state index in [1.807, 2.05) is 23.7 Å². The van der Waals surface area contributed by atoms with E-state index < -0.39 is 41.3 Å². The van der Waals surface area contributed by atoms with E-state index in [1.165, 1.54) is 0 Å². The number of hydrogen-bond donors (Lipinski definition) is 0. The Morgan fingerprint density at radius 3 is 2.92 bits per heavy atom. The van der Waals surface area contributed by atoms with Crippen molar-refractivity contribution >= 4 is 16.7 Å². The van der Waals surface area contributed by atoms with Gasteiger partial charge in [0.25, 0.3) is 0 Å². The molecule has 0 aliphatic rings. The fourth-order valence-electron chi connectivity index (χ4n) is 2.64. The number of fused-ring (bicyclic) bond motifs is 1. The van der Waals surface area contributed by atoms with Crippen LogP contribution in [0.15, 0.2) is 61.1 Å². The van der Waals surface area contributed by atoms with E-state index in [0.29, 0.717) is 16.9 Å². The average molecular weight is 350 g/mol. The van der Waals surface area contributed by atoms with Crippen molar-refractivity contribution in [2.75, 3.05) is 0 Å². The first-order chi connectivity index (χ1) is 14.3. The van der Waals surface area contributed by atoms with E-state index in [2.05, 4.69) is 15.0 Å². The minimum Gasteiger partial charge on any atom is -0.332 e. The third kappa shape index (κ3) is 2.97. The van der Waals surface area contributed by atoms with Crippen molar-refractivity contribution < 1.29 is 14.7 Å². The standard InChI is InChI=1S/C20H15FN4O/c1-25-12-22-11-19(25)17-7-6-13-10-23-14(8-18(13)24-17)9-20(26)15-4-2-3-5-16(15)21/h2-8,10-12H,9H2,1H3/i2D,3D,4D,5D. The maximum absolute atomic E-state index is 14.4. The summed E-state index contributed by atoms with van der Waals surface area (Å²) in [5, 5.41) is 0.755. The lowest BCUT2D eigenvalue weighted by molar-refractivity contribution is 0.0988. The molecule has 0 aliphatic carbocycles. The predicted octanol–water partition coefficient (Wildman–Crippen LogP) is 3.59. The minimum atomic E-state index is -1.26. The van der Waals surface area contributed by atoms with Gasteiger partial charge in [-0.3, -0.25) is 9.78 Å². The Hall–Kier alpha value is -3.41. The highest BCUT2D eigenvalue weighted by Crippen LogP contribution is 2.21. The van der Waals surface area contributed by atoms with Gasteiger partial charge in [-0.2, -0.15) is 0 Å². The molecule has 0 saturated heterocycles. The number of pyridine rings is 2.